The van der Waals surface area contributed by atoms with E-state index in [-0.39, 0.29) is 5.54 Å². The van der Waals surface area contributed by atoms with Gasteiger partial charge in [0.2, 0.25) is 0 Å². The van der Waals surface area contributed by atoms with Crippen molar-refractivity contribution < 1.29 is 0 Å². The Bertz CT molecular complexity index is 507. The summed E-state index contributed by atoms with van der Waals surface area (Å²) in [7, 11) is 0. The first-order chi connectivity index (χ1) is 9.73. The highest BCUT2D eigenvalue weighted by molar-refractivity contribution is 7.09. The van der Waals surface area contributed by atoms with Gasteiger partial charge in [-0.3, -0.25) is 0 Å². The highest BCUT2D eigenvalue weighted by Crippen LogP contribution is 2.24. The summed E-state index contributed by atoms with van der Waals surface area (Å²) in [6, 6.07) is 10.4. The number of nitrogens with one attached hydrogen (secondary N) is 1. The Morgan fingerprint density at radius 1 is 1.05 bits per heavy atom. The van der Waals surface area contributed by atoms with Crippen LogP contribution in [0.5, 0.6) is 0 Å². The molecule has 2 aromatic rings. The van der Waals surface area contributed by atoms with Gasteiger partial charge < -0.3 is 5.32 Å². The van der Waals surface area contributed by atoms with Crippen molar-refractivity contribution in [2.24, 2.45) is 0 Å². The van der Waals surface area contributed by atoms with Crippen molar-refractivity contribution in [1.82, 2.24) is 10.3 Å². The van der Waals surface area contributed by atoms with Crippen molar-refractivity contribution in [3.63, 3.8) is 0 Å². The van der Waals surface area contributed by atoms with Crippen LogP contribution in [0, 0.1) is 0 Å². The molecule has 1 aromatic carbocycles. The van der Waals surface area contributed by atoms with Crippen molar-refractivity contribution in [2.75, 3.05) is 0 Å². The number of rotatable bonds is 7. The van der Waals surface area contributed by atoms with Crippen molar-refractivity contribution in [1.29, 1.82) is 0 Å². The molecular formula is C17H24N2S. The highest BCUT2D eigenvalue weighted by Gasteiger charge is 2.23. The van der Waals surface area contributed by atoms with Crippen LogP contribution >= 0.6 is 11.3 Å². The number of nitrogens with zero attached hydrogens (tertiary/aromatic N) is 1. The maximum Gasteiger partial charge on any atom is 0.107 e. The van der Waals surface area contributed by atoms with Crippen molar-refractivity contribution in [3.8, 4) is 11.3 Å². The quantitative estimate of drug-likeness (QED) is 0.786. The molecule has 0 radical (unpaired) electrons. The van der Waals surface area contributed by atoms with Crippen molar-refractivity contribution >= 4 is 11.3 Å². The molecule has 0 unspecified atom stereocenters. The molecule has 0 fully saturated rings. The van der Waals surface area contributed by atoms with E-state index in [1.165, 1.54) is 10.6 Å². The number of hydrogen-bond acceptors (Lipinski definition) is 3. The molecule has 2 rings (SSSR count). The largest absolute Gasteiger partial charge is 0.305 e. The van der Waals surface area contributed by atoms with Gasteiger partial charge in [0.1, 0.15) is 5.01 Å². The van der Waals surface area contributed by atoms with Gasteiger partial charge in [0, 0.05) is 23.0 Å². The topological polar surface area (TPSA) is 24.9 Å². The maximum absolute atomic E-state index is 4.74. The summed E-state index contributed by atoms with van der Waals surface area (Å²) in [5, 5.41) is 7.03. The molecule has 0 saturated heterocycles. The molecule has 1 N–H and O–H groups in total. The molecule has 0 amide bonds. The predicted octanol–water partition coefficient (Wildman–Crippen LogP) is 4.87. The van der Waals surface area contributed by atoms with E-state index in [1.54, 1.807) is 11.3 Å². The van der Waals surface area contributed by atoms with Gasteiger partial charge in [-0.05, 0) is 19.3 Å². The minimum absolute atomic E-state index is 0.262. The molecule has 0 atom stereocenters. The van der Waals surface area contributed by atoms with Crippen molar-refractivity contribution in [3.05, 3.63) is 40.7 Å². The van der Waals surface area contributed by atoms with E-state index < -0.39 is 0 Å². The van der Waals surface area contributed by atoms with E-state index in [1.807, 2.05) is 6.07 Å². The lowest BCUT2D eigenvalue weighted by Crippen LogP contribution is -2.43. The average Bonchev–Trinajstić information content (AvgIpc) is 2.99. The fourth-order valence-corrected chi connectivity index (χ4v) is 3.26. The Balaban J connectivity index is 2.03. The molecule has 1 heterocycles. The lowest BCUT2D eigenvalue weighted by molar-refractivity contribution is 0.288. The smallest absolute Gasteiger partial charge is 0.107 e. The summed E-state index contributed by atoms with van der Waals surface area (Å²) in [4.78, 5) is 4.74. The molecule has 0 saturated carbocycles. The third-order valence-electron chi connectivity index (χ3n) is 4.27. The Hall–Kier alpha value is -1.19. The fourth-order valence-electron chi connectivity index (χ4n) is 2.52. The van der Waals surface area contributed by atoms with Gasteiger partial charge >= 0.3 is 0 Å². The Morgan fingerprint density at radius 2 is 1.70 bits per heavy atom. The number of thiazole rings is 1. The lowest BCUT2D eigenvalue weighted by atomic mass is 9.90. The maximum atomic E-state index is 4.74. The third kappa shape index (κ3) is 3.47. The van der Waals surface area contributed by atoms with Crippen LogP contribution in [0.1, 0.15) is 45.0 Å². The fraction of sp³-hybridized carbons (Fsp3) is 0.471. The van der Waals surface area contributed by atoms with Crippen molar-refractivity contribution in [2.45, 2.75) is 52.1 Å². The number of benzene rings is 1. The van der Waals surface area contributed by atoms with Gasteiger partial charge in [0.25, 0.3) is 0 Å². The number of hydrogen-bond donors (Lipinski definition) is 1. The van der Waals surface area contributed by atoms with E-state index >= 15 is 0 Å². The summed E-state index contributed by atoms with van der Waals surface area (Å²) in [6.07, 6.45) is 3.49. The summed E-state index contributed by atoms with van der Waals surface area (Å²) in [5.74, 6) is 0. The van der Waals surface area contributed by atoms with Crippen LogP contribution in [0.4, 0.5) is 0 Å². The van der Waals surface area contributed by atoms with Gasteiger partial charge in [0.15, 0.2) is 0 Å². The normalized spacial score (nSPS) is 11.8. The van der Waals surface area contributed by atoms with Gasteiger partial charge in [0.05, 0.1) is 5.69 Å². The molecule has 0 aliphatic carbocycles. The third-order valence-corrected chi connectivity index (χ3v) is 5.12. The van der Waals surface area contributed by atoms with Crippen LogP contribution in [0.2, 0.25) is 0 Å². The van der Waals surface area contributed by atoms with Crippen LogP contribution in [0.15, 0.2) is 35.7 Å². The molecular weight excluding hydrogens is 264 g/mol. The molecule has 0 spiro atoms. The minimum atomic E-state index is 0.262. The summed E-state index contributed by atoms with van der Waals surface area (Å²) in [6.45, 7) is 7.65. The monoisotopic (exact) mass is 288 g/mol. The molecule has 0 bridgehead atoms. The van der Waals surface area contributed by atoms with Gasteiger partial charge in [-0.25, -0.2) is 4.98 Å². The molecule has 0 aliphatic rings. The van der Waals surface area contributed by atoms with Crippen LogP contribution in [-0.2, 0) is 6.54 Å². The highest BCUT2D eigenvalue weighted by atomic mass is 32.1. The molecule has 2 nitrogen and oxygen atoms in total. The SMILES string of the molecule is CCC(CC)(CC)NCc1nc(-c2ccccc2)cs1. The van der Waals surface area contributed by atoms with E-state index in [9.17, 15) is 0 Å². The zero-order chi connectivity index (χ0) is 14.4. The van der Waals surface area contributed by atoms with Gasteiger partial charge in [-0.2, -0.15) is 0 Å². The lowest BCUT2D eigenvalue weighted by Gasteiger charge is -2.31. The average molecular weight is 288 g/mol. The number of aromatic nitrogens is 1. The second-order valence-corrected chi connectivity index (χ2v) is 6.13. The van der Waals surface area contributed by atoms with Crippen LogP contribution in [-0.4, -0.2) is 10.5 Å². The van der Waals surface area contributed by atoms with Crippen LogP contribution in [0.3, 0.4) is 0 Å². The Morgan fingerprint density at radius 3 is 2.30 bits per heavy atom. The van der Waals surface area contributed by atoms with Crippen LogP contribution < -0.4 is 5.32 Å². The Kier molecular flexibility index (Phi) is 5.32. The minimum Gasteiger partial charge on any atom is -0.305 e. The van der Waals surface area contributed by atoms with E-state index in [4.69, 9.17) is 4.98 Å². The first-order valence-corrected chi connectivity index (χ1v) is 8.36. The van der Waals surface area contributed by atoms with Gasteiger partial charge in [-0.15, -0.1) is 11.3 Å². The van der Waals surface area contributed by atoms with E-state index in [0.717, 1.165) is 31.5 Å². The first-order valence-electron chi connectivity index (χ1n) is 7.48. The van der Waals surface area contributed by atoms with E-state index in [0.29, 0.717) is 0 Å². The van der Waals surface area contributed by atoms with E-state index in [2.05, 4.69) is 55.7 Å². The predicted molar refractivity (Wildman–Crippen MR) is 88.0 cm³/mol. The molecule has 1 aromatic heterocycles. The van der Waals surface area contributed by atoms with Crippen LogP contribution in [0.25, 0.3) is 11.3 Å². The molecule has 20 heavy (non-hydrogen) atoms. The summed E-state index contributed by atoms with van der Waals surface area (Å²) >= 11 is 1.74. The summed E-state index contributed by atoms with van der Waals surface area (Å²) < 4.78 is 0. The zero-order valence-electron chi connectivity index (χ0n) is 12.6. The Labute approximate surface area is 126 Å². The molecule has 3 heteroatoms. The second-order valence-electron chi connectivity index (χ2n) is 5.19. The molecule has 0 aliphatic heterocycles. The molecule has 108 valence electrons. The zero-order valence-corrected chi connectivity index (χ0v) is 13.5. The van der Waals surface area contributed by atoms with Gasteiger partial charge in [-0.1, -0.05) is 51.1 Å². The second kappa shape index (κ2) is 7.00. The summed E-state index contributed by atoms with van der Waals surface area (Å²) in [5.41, 5.74) is 2.55. The standard InChI is InChI=1S/C17H24N2S/c1-4-17(5-2,6-3)18-12-16-19-15(13-20-16)14-10-8-7-9-11-14/h7-11,13,18H,4-6,12H2,1-3H3. The first kappa shape index (κ1) is 15.2.